The summed E-state index contributed by atoms with van der Waals surface area (Å²) in [5.74, 6) is 1.76. The van der Waals surface area contributed by atoms with Gasteiger partial charge in [0.05, 0.1) is 27.8 Å². The van der Waals surface area contributed by atoms with Crippen molar-refractivity contribution in [1.82, 2.24) is 9.13 Å². The number of hydrogen-bond donors (Lipinski definition) is 0. The van der Waals surface area contributed by atoms with Crippen molar-refractivity contribution >= 4 is 65.6 Å². The van der Waals surface area contributed by atoms with Crippen LogP contribution in [0.2, 0.25) is 0 Å². The zero-order chi connectivity index (χ0) is 33.9. The van der Waals surface area contributed by atoms with Crippen molar-refractivity contribution in [3.8, 4) is 45.1 Å². The Bertz CT molecular complexity index is 3270. The molecule has 0 saturated carbocycles. The molecule has 242 valence electrons. The Morgan fingerprint density at radius 3 is 1.83 bits per heavy atom. The first-order chi connectivity index (χ1) is 25.8. The van der Waals surface area contributed by atoms with Gasteiger partial charge in [-0.15, -0.1) is 0 Å². The number of aromatic nitrogens is 2. The van der Waals surface area contributed by atoms with E-state index in [0.29, 0.717) is 0 Å². The summed E-state index contributed by atoms with van der Waals surface area (Å²) in [6.45, 7) is 0. The SMILES string of the molecule is c1ccc2c(c1)oc1cc(-c3ccc4c(c3)c3ccccc3n4-c3ccc(-c4ccc5c(c4)-n4c6ccccc6c6cccc(c64)O5)cc3)ccc12. The van der Waals surface area contributed by atoms with Crippen molar-refractivity contribution in [1.29, 1.82) is 0 Å². The molecule has 1 aliphatic heterocycles. The van der Waals surface area contributed by atoms with Crippen LogP contribution < -0.4 is 4.74 Å². The third kappa shape index (κ3) is 3.81. The Labute approximate surface area is 297 Å². The molecule has 0 aliphatic carbocycles. The van der Waals surface area contributed by atoms with Gasteiger partial charge in [0.25, 0.3) is 0 Å². The third-order valence-corrected chi connectivity index (χ3v) is 10.9. The molecule has 0 saturated heterocycles. The van der Waals surface area contributed by atoms with Crippen LogP contribution in [0.4, 0.5) is 0 Å². The summed E-state index contributed by atoms with van der Waals surface area (Å²) in [5.41, 5.74) is 13.3. The van der Waals surface area contributed by atoms with Gasteiger partial charge in [0.15, 0.2) is 11.5 Å². The van der Waals surface area contributed by atoms with Crippen LogP contribution in [0, 0.1) is 0 Å². The number of hydrogen-bond acceptors (Lipinski definition) is 2. The lowest BCUT2D eigenvalue weighted by atomic mass is 10.0. The lowest BCUT2D eigenvalue weighted by Crippen LogP contribution is -2.04. The minimum Gasteiger partial charge on any atom is -0.456 e. The van der Waals surface area contributed by atoms with Crippen molar-refractivity contribution in [2.24, 2.45) is 0 Å². The van der Waals surface area contributed by atoms with Gasteiger partial charge in [-0.05, 0) is 95.1 Å². The summed E-state index contributed by atoms with van der Waals surface area (Å²) in [6.07, 6.45) is 0. The Hall–Kier alpha value is -7.04. The van der Waals surface area contributed by atoms with Crippen LogP contribution in [-0.2, 0) is 0 Å². The van der Waals surface area contributed by atoms with Crippen molar-refractivity contribution in [2.75, 3.05) is 0 Å². The smallest absolute Gasteiger partial charge is 0.152 e. The van der Waals surface area contributed by atoms with Gasteiger partial charge in [-0.2, -0.15) is 0 Å². The van der Waals surface area contributed by atoms with Gasteiger partial charge in [0.2, 0.25) is 0 Å². The molecular weight excluding hydrogens is 637 g/mol. The number of fused-ring (bicyclic) bond motifs is 11. The van der Waals surface area contributed by atoms with Gasteiger partial charge in [-0.3, -0.25) is 0 Å². The second-order valence-corrected chi connectivity index (χ2v) is 13.7. The molecule has 12 rings (SSSR count). The van der Waals surface area contributed by atoms with Crippen LogP contribution in [0.15, 0.2) is 174 Å². The van der Waals surface area contributed by atoms with Gasteiger partial charge in [-0.25, -0.2) is 0 Å². The second-order valence-electron chi connectivity index (χ2n) is 13.7. The highest BCUT2D eigenvalue weighted by molar-refractivity contribution is 6.13. The van der Waals surface area contributed by atoms with E-state index in [1.54, 1.807) is 0 Å². The average Bonchev–Trinajstić information content (AvgIpc) is 3.86. The van der Waals surface area contributed by atoms with E-state index in [-0.39, 0.29) is 0 Å². The number of ether oxygens (including phenoxy) is 1. The first kappa shape index (κ1) is 27.7. The van der Waals surface area contributed by atoms with E-state index in [4.69, 9.17) is 9.15 Å². The fraction of sp³-hybridized carbons (Fsp3) is 0. The number of furan rings is 1. The summed E-state index contributed by atoms with van der Waals surface area (Å²) in [4.78, 5) is 0. The molecule has 4 heteroatoms. The zero-order valence-corrected chi connectivity index (χ0v) is 27.9. The van der Waals surface area contributed by atoms with E-state index in [1.807, 2.05) is 12.1 Å². The molecule has 0 spiro atoms. The van der Waals surface area contributed by atoms with E-state index in [1.165, 1.54) is 43.7 Å². The molecule has 3 aromatic heterocycles. The lowest BCUT2D eigenvalue weighted by Gasteiger charge is -2.21. The molecule has 0 bridgehead atoms. The maximum Gasteiger partial charge on any atom is 0.152 e. The monoisotopic (exact) mass is 664 g/mol. The number of rotatable bonds is 3. The maximum absolute atomic E-state index is 6.46. The summed E-state index contributed by atoms with van der Waals surface area (Å²) >= 11 is 0. The first-order valence-electron chi connectivity index (χ1n) is 17.7. The minimum absolute atomic E-state index is 0.865. The summed E-state index contributed by atoms with van der Waals surface area (Å²) in [5, 5.41) is 7.19. The van der Waals surface area contributed by atoms with E-state index in [9.17, 15) is 0 Å². The largest absolute Gasteiger partial charge is 0.456 e. The maximum atomic E-state index is 6.46. The Kier molecular flexibility index (Phi) is 5.47. The molecule has 8 aromatic carbocycles. The third-order valence-electron chi connectivity index (χ3n) is 10.9. The first-order valence-corrected chi connectivity index (χ1v) is 17.7. The Morgan fingerprint density at radius 2 is 0.962 bits per heavy atom. The highest BCUT2D eigenvalue weighted by Gasteiger charge is 2.24. The normalized spacial score (nSPS) is 12.4. The lowest BCUT2D eigenvalue weighted by molar-refractivity contribution is 0.476. The van der Waals surface area contributed by atoms with Crippen LogP contribution in [-0.4, -0.2) is 9.13 Å². The number of para-hydroxylation sites is 4. The fourth-order valence-corrected chi connectivity index (χ4v) is 8.54. The van der Waals surface area contributed by atoms with Gasteiger partial charge in [-0.1, -0.05) is 97.1 Å². The molecule has 0 radical (unpaired) electrons. The number of nitrogens with zero attached hydrogens (tertiary/aromatic N) is 2. The quantitative estimate of drug-likeness (QED) is 0.188. The Balaban J connectivity index is 0.954. The fourth-order valence-electron chi connectivity index (χ4n) is 8.54. The molecule has 4 nitrogen and oxygen atoms in total. The van der Waals surface area contributed by atoms with Crippen molar-refractivity contribution < 1.29 is 9.15 Å². The molecule has 11 aromatic rings. The van der Waals surface area contributed by atoms with E-state index < -0.39 is 0 Å². The molecule has 4 heterocycles. The molecule has 0 fully saturated rings. The minimum atomic E-state index is 0.865. The topological polar surface area (TPSA) is 32.2 Å². The van der Waals surface area contributed by atoms with Gasteiger partial charge >= 0.3 is 0 Å². The summed E-state index contributed by atoms with van der Waals surface area (Å²) in [7, 11) is 0. The average molecular weight is 665 g/mol. The molecule has 0 atom stereocenters. The van der Waals surface area contributed by atoms with Crippen LogP contribution in [0.5, 0.6) is 11.5 Å². The van der Waals surface area contributed by atoms with Crippen LogP contribution in [0.1, 0.15) is 0 Å². The molecule has 0 amide bonds. The van der Waals surface area contributed by atoms with Gasteiger partial charge in [0.1, 0.15) is 11.2 Å². The van der Waals surface area contributed by atoms with Gasteiger partial charge in [0, 0.05) is 38.0 Å². The van der Waals surface area contributed by atoms with Crippen LogP contribution in [0.3, 0.4) is 0 Å². The highest BCUT2D eigenvalue weighted by atomic mass is 16.5. The molecule has 1 aliphatic rings. The van der Waals surface area contributed by atoms with Crippen molar-refractivity contribution in [3.63, 3.8) is 0 Å². The molecule has 0 unspecified atom stereocenters. The van der Waals surface area contributed by atoms with E-state index in [0.717, 1.165) is 67.0 Å². The predicted octanol–water partition coefficient (Wildman–Crippen LogP) is 13.2. The van der Waals surface area contributed by atoms with Crippen LogP contribution in [0.25, 0.3) is 99.2 Å². The van der Waals surface area contributed by atoms with Gasteiger partial charge < -0.3 is 18.3 Å². The summed E-state index contributed by atoms with van der Waals surface area (Å²) < 4.78 is 17.4. The van der Waals surface area contributed by atoms with E-state index in [2.05, 4.69) is 167 Å². The molecular formula is C48H28N2O2. The number of benzene rings is 8. The molecule has 52 heavy (non-hydrogen) atoms. The van der Waals surface area contributed by atoms with Crippen LogP contribution >= 0.6 is 0 Å². The zero-order valence-electron chi connectivity index (χ0n) is 27.9. The van der Waals surface area contributed by atoms with Crippen molar-refractivity contribution in [3.05, 3.63) is 170 Å². The standard InChI is InChI=1S/C48H28N2O2/c1-5-13-41-34(8-1)38-11-7-15-46-48(38)50(41)43-27-31(20-25-45(43)52-46)29-16-21-33(22-17-29)49-40-12-4-2-9-35(40)39-26-30(19-24-42(39)49)32-18-23-37-36-10-3-6-14-44(36)51-47(37)28-32/h1-28H. The highest BCUT2D eigenvalue weighted by Crippen LogP contribution is 2.46. The molecule has 0 N–H and O–H groups in total. The Morgan fingerprint density at radius 1 is 0.346 bits per heavy atom. The predicted molar refractivity (Wildman–Crippen MR) is 213 cm³/mol. The van der Waals surface area contributed by atoms with Crippen molar-refractivity contribution in [2.45, 2.75) is 0 Å². The summed E-state index contributed by atoms with van der Waals surface area (Å²) in [6, 6.07) is 60.7. The van der Waals surface area contributed by atoms with E-state index >= 15 is 0 Å². The second kappa shape index (κ2) is 10.3.